The molecule has 2 rings (SSSR count). The van der Waals surface area contributed by atoms with E-state index in [-0.39, 0.29) is 24.1 Å². The number of halogens is 1. The van der Waals surface area contributed by atoms with E-state index in [0.29, 0.717) is 19.5 Å². The summed E-state index contributed by atoms with van der Waals surface area (Å²) in [6.45, 7) is 8.41. The number of rotatable bonds is 10. The maximum absolute atomic E-state index is 13.0. The Morgan fingerprint density at radius 2 is 1.55 bits per heavy atom. The van der Waals surface area contributed by atoms with Gasteiger partial charge in [-0.05, 0) is 62.2 Å². The molecule has 0 aliphatic heterocycles. The van der Waals surface area contributed by atoms with Gasteiger partial charge >= 0.3 is 0 Å². The van der Waals surface area contributed by atoms with Crippen LogP contribution in [0.3, 0.4) is 0 Å². The Hall–Kier alpha value is -2.89. The fourth-order valence-electron chi connectivity index (χ4n) is 3.15. The van der Waals surface area contributed by atoms with Gasteiger partial charge in [-0.1, -0.05) is 12.1 Å². The van der Waals surface area contributed by atoms with Crippen molar-refractivity contribution in [2.45, 2.75) is 33.6 Å². The molecular weight excluding hydrogens is 369 g/mol. The van der Waals surface area contributed by atoms with E-state index in [0.717, 1.165) is 30.0 Å². The average Bonchev–Trinajstić information content (AvgIpc) is 2.71. The molecule has 29 heavy (non-hydrogen) atoms. The molecule has 0 saturated heterocycles. The van der Waals surface area contributed by atoms with E-state index in [1.807, 2.05) is 24.3 Å². The molecule has 0 spiro atoms. The van der Waals surface area contributed by atoms with E-state index in [2.05, 4.69) is 24.1 Å². The number of carbonyl (C=O) groups is 2. The number of carbonyl (C=O) groups excluding carboxylic acids is 2. The molecule has 0 aromatic heterocycles. The second-order valence-electron chi connectivity index (χ2n) is 6.90. The molecule has 2 aromatic carbocycles. The van der Waals surface area contributed by atoms with Crippen molar-refractivity contribution in [3.05, 3.63) is 59.9 Å². The first-order valence-corrected chi connectivity index (χ1v) is 10.1. The molecule has 0 heterocycles. The number of hydrogen-bond acceptors (Lipinski definition) is 3. The van der Waals surface area contributed by atoms with Gasteiger partial charge < -0.3 is 15.1 Å². The summed E-state index contributed by atoms with van der Waals surface area (Å²) in [4.78, 5) is 28.0. The molecule has 2 aromatic rings. The minimum absolute atomic E-state index is 0.0801. The van der Waals surface area contributed by atoms with Gasteiger partial charge in [0.25, 0.3) is 0 Å². The Morgan fingerprint density at radius 1 is 0.931 bits per heavy atom. The summed E-state index contributed by atoms with van der Waals surface area (Å²) >= 11 is 0. The lowest BCUT2D eigenvalue weighted by atomic mass is 10.1. The van der Waals surface area contributed by atoms with Gasteiger partial charge in [0.15, 0.2) is 0 Å². The number of amides is 2. The van der Waals surface area contributed by atoms with Crippen molar-refractivity contribution < 1.29 is 14.0 Å². The van der Waals surface area contributed by atoms with Crippen molar-refractivity contribution in [2.75, 3.05) is 36.4 Å². The summed E-state index contributed by atoms with van der Waals surface area (Å²) in [6.07, 6.45) is 0.842. The van der Waals surface area contributed by atoms with Gasteiger partial charge in [0.2, 0.25) is 11.8 Å². The molecule has 0 unspecified atom stereocenters. The van der Waals surface area contributed by atoms with Gasteiger partial charge in [0, 0.05) is 50.9 Å². The minimum atomic E-state index is -0.279. The molecule has 156 valence electrons. The largest absolute Gasteiger partial charge is 0.372 e. The van der Waals surface area contributed by atoms with E-state index in [1.54, 1.807) is 17.0 Å². The third kappa shape index (κ3) is 7.22. The number of benzene rings is 2. The molecule has 1 N–H and O–H groups in total. The SMILES string of the molecule is CCN(CC)c1ccc(NC(=O)CCN(CCc2ccc(F)cc2)C(C)=O)cc1. The normalized spacial score (nSPS) is 10.5. The predicted octanol–water partition coefficient (Wildman–Crippen LogP) is 4.09. The van der Waals surface area contributed by atoms with Crippen LogP contribution in [0.1, 0.15) is 32.8 Å². The van der Waals surface area contributed by atoms with E-state index in [4.69, 9.17) is 0 Å². The Morgan fingerprint density at radius 3 is 2.10 bits per heavy atom. The monoisotopic (exact) mass is 399 g/mol. The van der Waals surface area contributed by atoms with Crippen molar-refractivity contribution in [3.8, 4) is 0 Å². The highest BCUT2D eigenvalue weighted by molar-refractivity contribution is 5.91. The fraction of sp³-hybridized carbons (Fsp3) is 0.391. The number of anilines is 2. The van der Waals surface area contributed by atoms with Crippen LogP contribution in [0.5, 0.6) is 0 Å². The summed E-state index contributed by atoms with van der Waals surface area (Å²) in [5.74, 6) is -0.490. The first-order chi connectivity index (χ1) is 13.9. The van der Waals surface area contributed by atoms with Crippen LogP contribution in [0.25, 0.3) is 0 Å². The Kier molecular flexibility index (Phi) is 8.65. The van der Waals surface area contributed by atoms with E-state index in [1.165, 1.54) is 19.1 Å². The smallest absolute Gasteiger partial charge is 0.226 e. The molecule has 0 radical (unpaired) electrons. The van der Waals surface area contributed by atoms with Crippen LogP contribution in [0, 0.1) is 5.82 Å². The zero-order valence-electron chi connectivity index (χ0n) is 17.5. The molecule has 0 fully saturated rings. The Labute approximate surface area is 172 Å². The molecule has 0 atom stereocenters. The van der Waals surface area contributed by atoms with Crippen molar-refractivity contribution in [1.82, 2.24) is 4.90 Å². The lowest BCUT2D eigenvalue weighted by Crippen LogP contribution is -2.33. The molecule has 0 bridgehead atoms. The minimum Gasteiger partial charge on any atom is -0.372 e. The third-order valence-electron chi connectivity index (χ3n) is 4.92. The third-order valence-corrected chi connectivity index (χ3v) is 4.92. The lowest BCUT2D eigenvalue weighted by molar-refractivity contribution is -0.129. The van der Waals surface area contributed by atoms with Gasteiger partial charge in [0.1, 0.15) is 5.82 Å². The van der Waals surface area contributed by atoms with Crippen molar-refractivity contribution in [3.63, 3.8) is 0 Å². The summed E-state index contributed by atoms with van der Waals surface area (Å²) in [6, 6.07) is 14.0. The second kappa shape index (κ2) is 11.2. The van der Waals surface area contributed by atoms with Gasteiger partial charge in [-0.2, -0.15) is 0 Å². The van der Waals surface area contributed by atoms with Crippen LogP contribution in [-0.4, -0.2) is 42.9 Å². The summed E-state index contributed by atoms with van der Waals surface area (Å²) in [7, 11) is 0. The average molecular weight is 400 g/mol. The van der Waals surface area contributed by atoms with E-state index < -0.39 is 0 Å². The van der Waals surface area contributed by atoms with Crippen LogP contribution < -0.4 is 10.2 Å². The number of hydrogen-bond donors (Lipinski definition) is 1. The lowest BCUT2D eigenvalue weighted by Gasteiger charge is -2.22. The quantitative estimate of drug-likeness (QED) is 0.655. The summed E-state index contributed by atoms with van der Waals surface area (Å²) in [5.41, 5.74) is 2.82. The van der Waals surface area contributed by atoms with Crippen molar-refractivity contribution >= 4 is 23.2 Å². The maximum Gasteiger partial charge on any atom is 0.226 e. The van der Waals surface area contributed by atoms with Gasteiger partial charge in [-0.3, -0.25) is 9.59 Å². The molecule has 6 heteroatoms. The molecule has 2 amide bonds. The molecule has 0 aliphatic carbocycles. The first-order valence-electron chi connectivity index (χ1n) is 10.1. The fourth-order valence-corrected chi connectivity index (χ4v) is 3.15. The summed E-state index contributed by atoms with van der Waals surface area (Å²) in [5, 5.41) is 2.88. The highest BCUT2D eigenvalue weighted by Crippen LogP contribution is 2.18. The first kappa shape index (κ1) is 22.4. The standard InChI is InChI=1S/C23H30FN3O2/c1-4-26(5-2)22-12-10-21(11-13-22)25-23(29)15-17-27(18(3)28)16-14-19-6-8-20(24)9-7-19/h6-13H,4-5,14-17H2,1-3H3,(H,25,29). The van der Waals surface area contributed by atoms with Gasteiger partial charge in [-0.25, -0.2) is 4.39 Å². The predicted molar refractivity (Wildman–Crippen MR) is 116 cm³/mol. The topological polar surface area (TPSA) is 52.7 Å². The van der Waals surface area contributed by atoms with Gasteiger partial charge in [0.05, 0.1) is 0 Å². The van der Waals surface area contributed by atoms with Crippen molar-refractivity contribution in [1.29, 1.82) is 0 Å². The highest BCUT2D eigenvalue weighted by atomic mass is 19.1. The van der Waals surface area contributed by atoms with Gasteiger partial charge in [-0.15, -0.1) is 0 Å². The van der Waals surface area contributed by atoms with Crippen LogP contribution >= 0.6 is 0 Å². The van der Waals surface area contributed by atoms with Crippen LogP contribution in [0.4, 0.5) is 15.8 Å². The Balaban J connectivity index is 1.83. The molecule has 0 saturated carbocycles. The highest BCUT2D eigenvalue weighted by Gasteiger charge is 2.12. The van der Waals surface area contributed by atoms with Crippen LogP contribution in [0.15, 0.2) is 48.5 Å². The zero-order chi connectivity index (χ0) is 21.2. The van der Waals surface area contributed by atoms with Crippen LogP contribution in [-0.2, 0) is 16.0 Å². The van der Waals surface area contributed by atoms with E-state index in [9.17, 15) is 14.0 Å². The zero-order valence-corrected chi connectivity index (χ0v) is 17.5. The molecule has 0 aliphatic rings. The maximum atomic E-state index is 13.0. The van der Waals surface area contributed by atoms with Crippen molar-refractivity contribution in [2.24, 2.45) is 0 Å². The van der Waals surface area contributed by atoms with E-state index >= 15 is 0 Å². The second-order valence-corrected chi connectivity index (χ2v) is 6.90. The van der Waals surface area contributed by atoms with Crippen LogP contribution in [0.2, 0.25) is 0 Å². The molecule has 5 nitrogen and oxygen atoms in total. The number of nitrogens with zero attached hydrogens (tertiary/aromatic N) is 2. The Bertz CT molecular complexity index is 787. The summed E-state index contributed by atoms with van der Waals surface area (Å²) < 4.78 is 13.0. The molecular formula is C23H30FN3O2. The number of nitrogens with one attached hydrogen (secondary N) is 1.